The standard InChI is InChI=1S/C14H19NOS/c1-10-6-7-12(9-11(10)2)15-14(16)13-5-3-4-8-17-13/h6-7,9,13H,3-5,8H2,1-2H3,(H,15,16). The van der Waals surface area contributed by atoms with Crippen molar-refractivity contribution in [1.29, 1.82) is 0 Å². The van der Waals surface area contributed by atoms with E-state index >= 15 is 0 Å². The molecule has 2 rings (SSSR count). The maximum absolute atomic E-state index is 12.0. The van der Waals surface area contributed by atoms with E-state index in [1.165, 1.54) is 24.0 Å². The molecule has 0 saturated carbocycles. The third-order valence-corrected chi connectivity index (χ3v) is 4.62. The van der Waals surface area contributed by atoms with Crippen LogP contribution in [0.3, 0.4) is 0 Å². The van der Waals surface area contributed by atoms with Gasteiger partial charge in [0.25, 0.3) is 0 Å². The van der Waals surface area contributed by atoms with Crippen molar-refractivity contribution in [3.63, 3.8) is 0 Å². The Balaban J connectivity index is 1.99. The van der Waals surface area contributed by atoms with Gasteiger partial charge >= 0.3 is 0 Å². The predicted molar refractivity (Wildman–Crippen MR) is 74.6 cm³/mol. The molecule has 2 nitrogen and oxygen atoms in total. The Labute approximate surface area is 107 Å². The van der Waals surface area contributed by atoms with Gasteiger partial charge in [0.2, 0.25) is 5.91 Å². The van der Waals surface area contributed by atoms with E-state index < -0.39 is 0 Å². The monoisotopic (exact) mass is 249 g/mol. The molecule has 1 amide bonds. The third-order valence-electron chi connectivity index (χ3n) is 3.25. The quantitative estimate of drug-likeness (QED) is 0.868. The lowest BCUT2D eigenvalue weighted by molar-refractivity contribution is -0.115. The number of rotatable bonds is 2. The van der Waals surface area contributed by atoms with Crippen LogP contribution in [0.5, 0.6) is 0 Å². The summed E-state index contributed by atoms with van der Waals surface area (Å²) < 4.78 is 0. The highest BCUT2D eigenvalue weighted by atomic mass is 32.2. The van der Waals surface area contributed by atoms with E-state index in [9.17, 15) is 4.79 Å². The van der Waals surface area contributed by atoms with Crippen LogP contribution in [0.1, 0.15) is 30.4 Å². The summed E-state index contributed by atoms with van der Waals surface area (Å²) in [5.41, 5.74) is 3.40. The zero-order valence-corrected chi connectivity index (χ0v) is 11.3. The second-order valence-electron chi connectivity index (χ2n) is 4.64. The number of benzene rings is 1. The fourth-order valence-corrected chi connectivity index (χ4v) is 3.19. The van der Waals surface area contributed by atoms with Gasteiger partial charge < -0.3 is 5.32 Å². The number of carbonyl (C=O) groups excluding carboxylic acids is 1. The molecule has 1 aliphatic rings. The van der Waals surface area contributed by atoms with Crippen LogP contribution in [0, 0.1) is 13.8 Å². The molecule has 1 unspecified atom stereocenters. The highest BCUT2D eigenvalue weighted by Crippen LogP contribution is 2.26. The lowest BCUT2D eigenvalue weighted by Crippen LogP contribution is -2.27. The summed E-state index contributed by atoms with van der Waals surface area (Å²) in [6.07, 6.45) is 3.44. The number of aryl methyl sites for hydroxylation is 2. The van der Waals surface area contributed by atoms with Gasteiger partial charge in [0, 0.05) is 5.69 Å². The van der Waals surface area contributed by atoms with E-state index in [1.807, 2.05) is 12.1 Å². The van der Waals surface area contributed by atoms with Crippen LogP contribution in [-0.4, -0.2) is 16.9 Å². The first-order chi connectivity index (χ1) is 8.16. The van der Waals surface area contributed by atoms with E-state index in [0.717, 1.165) is 17.9 Å². The normalized spacial score (nSPS) is 20.0. The van der Waals surface area contributed by atoms with Gasteiger partial charge in [0.1, 0.15) is 0 Å². The molecule has 3 heteroatoms. The van der Waals surface area contributed by atoms with Crippen LogP contribution < -0.4 is 5.32 Å². The Morgan fingerprint density at radius 3 is 2.76 bits per heavy atom. The van der Waals surface area contributed by atoms with Crippen molar-refractivity contribution in [1.82, 2.24) is 0 Å². The van der Waals surface area contributed by atoms with Crippen LogP contribution in [0.25, 0.3) is 0 Å². The zero-order chi connectivity index (χ0) is 12.3. The molecule has 1 atom stereocenters. The average molecular weight is 249 g/mol. The molecule has 0 bridgehead atoms. The molecule has 0 radical (unpaired) electrons. The Bertz CT molecular complexity index is 411. The van der Waals surface area contributed by atoms with Gasteiger partial charge in [-0.1, -0.05) is 12.5 Å². The number of amides is 1. The number of carbonyl (C=O) groups is 1. The molecule has 1 aliphatic heterocycles. The van der Waals surface area contributed by atoms with Crippen LogP contribution in [-0.2, 0) is 4.79 Å². The van der Waals surface area contributed by atoms with Crippen molar-refractivity contribution >= 4 is 23.4 Å². The lowest BCUT2D eigenvalue weighted by Gasteiger charge is -2.20. The minimum absolute atomic E-state index is 0.144. The fraction of sp³-hybridized carbons (Fsp3) is 0.500. The molecule has 92 valence electrons. The van der Waals surface area contributed by atoms with Gasteiger partial charge in [-0.3, -0.25) is 4.79 Å². The fourth-order valence-electron chi connectivity index (χ4n) is 1.99. The number of hydrogen-bond donors (Lipinski definition) is 1. The largest absolute Gasteiger partial charge is 0.325 e. The van der Waals surface area contributed by atoms with E-state index in [2.05, 4.69) is 25.2 Å². The summed E-state index contributed by atoms with van der Waals surface area (Å²) in [5, 5.41) is 3.16. The topological polar surface area (TPSA) is 29.1 Å². The Morgan fingerprint density at radius 1 is 1.29 bits per heavy atom. The molecule has 0 spiro atoms. The van der Waals surface area contributed by atoms with Crippen molar-refractivity contribution in [2.24, 2.45) is 0 Å². The van der Waals surface area contributed by atoms with Crippen molar-refractivity contribution in [3.05, 3.63) is 29.3 Å². The Morgan fingerprint density at radius 2 is 2.12 bits per heavy atom. The summed E-state index contributed by atoms with van der Waals surface area (Å²) in [6, 6.07) is 6.08. The minimum atomic E-state index is 0.144. The minimum Gasteiger partial charge on any atom is -0.325 e. The highest BCUT2D eigenvalue weighted by Gasteiger charge is 2.21. The van der Waals surface area contributed by atoms with E-state index in [1.54, 1.807) is 11.8 Å². The predicted octanol–water partition coefficient (Wildman–Crippen LogP) is 3.53. The molecule has 1 aromatic rings. The number of anilines is 1. The summed E-state index contributed by atoms with van der Waals surface area (Å²) in [7, 11) is 0. The van der Waals surface area contributed by atoms with E-state index in [-0.39, 0.29) is 11.2 Å². The summed E-state index contributed by atoms with van der Waals surface area (Å²) in [5.74, 6) is 1.28. The Kier molecular flexibility index (Phi) is 4.11. The second-order valence-corrected chi connectivity index (χ2v) is 5.95. The van der Waals surface area contributed by atoms with Gasteiger partial charge in [-0.05, 0) is 55.7 Å². The van der Waals surface area contributed by atoms with Gasteiger partial charge in [0.05, 0.1) is 5.25 Å². The van der Waals surface area contributed by atoms with E-state index in [4.69, 9.17) is 0 Å². The molecule has 1 aromatic carbocycles. The van der Waals surface area contributed by atoms with Gasteiger partial charge in [0.15, 0.2) is 0 Å². The highest BCUT2D eigenvalue weighted by molar-refractivity contribution is 8.00. The van der Waals surface area contributed by atoms with E-state index in [0.29, 0.717) is 0 Å². The van der Waals surface area contributed by atoms with Gasteiger partial charge in [-0.15, -0.1) is 11.8 Å². The first-order valence-corrected chi connectivity index (χ1v) is 7.21. The zero-order valence-electron chi connectivity index (χ0n) is 10.5. The third kappa shape index (κ3) is 3.25. The summed E-state index contributed by atoms with van der Waals surface area (Å²) >= 11 is 1.79. The molecular weight excluding hydrogens is 230 g/mol. The van der Waals surface area contributed by atoms with Gasteiger partial charge in [-0.2, -0.15) is 0 Å². The van der Waals surface area contributed by atoms with Crippen molar-refractivity contribution in [2.75, 3.05) is 11.1 Å². The van der Waals surface area contributed by atoms with Crippen LogP contribution in [0.2, 0.25) is 0 Å². The van der Waals surface area contributed by atoms with Crippen LogP contribution in [0.4, 0.5) is 5.69 Å². The molecular formula is C14H19NOS. The lowest BCUT2D eigenvalue weighted by atomic mass is 10.1. The van der Waals surface area contributed by atoms with Gasteiger partial charge in [-0.25, -0.2) is 0 Å². The SMILES string of the molecule is Cc1ccc(NC(=O)C2CCCCS2)cc1C. The summed E-state index contributed by atoms with van der Waals surface area (Å²) in [6.45, 7) is 4.15. The van der Waals surface area contributed by atoms with Crippen LogP contribution in [0.15, 0.2) is 18.2 Å². The molecule has 1 fully saturated rings. The molecule has 0 aromatic heterocycles. The van der Waals surface area contributed by atoms with Crippen molar-refractivity contribution in [2.45, 2.75) is 38.4 Å². The number of nitrogens with one attached hydrogen (secondary N) is 1. The van der Waals surface area contributed by atoms with Crippen molar-refractivity contribution < 1.29 is 4.79 Å². The molecule has 0 aliphatic carbocycles. The number of hydrogen-bond acceptors (Lipinski definition) is 2. The number of thioether (sulfide) groups is 1. The Hall–Kier alpha value is -0.960. The smallest absolute Gasteiger partial charge is 0.237 e. The first-order valence-electron chi connectivity index (χ1n) is 6.16. The molecule has 1 saturated heterocycles. The van der Waals surface area contributed by atoms with Crippen LogP contribution >= 0.6 is 11.8 Å². The maximum atomic E-state index is 12.0. The summed E-state index contributed by atoms with van der Waals surface area (Å²) in [4.78, 5) is 12.0. The molecule has 1 N–H and O–H groups in total. The second kappa shape index (κ2) is 5.58. The maximum Gasteiger partial charge on any atom is 0.237 e. The first kappa shape index (κ1) is 12.5. The molecule has 1 heterocycles. The molecule has 17 heavy (non-hydrogen) atoms. The average Bonchev–Trinajstić information content (AvgIpc) is 2.35. The van der Waals surface area contributed by atoms with Crippen molar-refractivity contribution in [3.8, 4) is 0 Å².